The fourth-order valence-electron chi connectivity index (χ4n) is 2.18. The molecule has 4 nitrogen and oxygen atoms in total. The molecular formula is C18H21BrN2O2. The van der Waals surface area contributed by atoms with Crippen molar-refractivity contribution in [3.63, 3.8) is 0 Å². The zero-order valence-corrected chi connectivity index (χ0v) is 15.2. The summed E-state index contributed by atoms with van der Waals surface area (Å²) in [5.74, 6) is 0.848. The number of carbonyl (C=O) groups is 1. The molecule has 0 spiro atoms. The largest absolute Gasteiger partial charge is 0.491 e. The summed E-state index contributed by atoms with van der Waals surface area (Å²) in [6, 6.07) is 11.5. The van der Waals surface area contributed by atoms with Crippen molar-refractivity contribution in [2.75, 3.05) is 18.5 Å². The molecule has 2 N–H and O–H groups in total. The minimum Gasteiger partial charge on any atom is -0.491 e. The molecule has 0 heterocycles. The number of halogens is 1. The third-order valence-corrected chi connectivity index (χ3v) is 4.28. The van der Waals surface area contributed by atoms with Crippen molar-refractivity contribution in [1.82, 2.24) is 5.32 Å². The van der Waals surface area contributed by atoms with Crippen molar-refractivity contribution in [2.24, 2.45) is 0 Å². The summed E-state index contributed by atoms with van der Waals surface area (Å²) in [4.78, 5) is 11.8. The number of urea groups is 1. The standard InChI is InChI=1S/C18H21BrN2O2/c1-12-4-7-17(14(3)10-12)23-9-8-20-18(22)21-15-5-6-16(19)13(2)11-15/h4-7,10-11H,8-9H2,1-3H3,(H2,20,21,22). The second kappa shape index (κ2) is 8.02. The highest BCUT2D eigenvalue weighted by atomic mass is 79.9. The molecule has 0 aromatic heterocycles. The lowest BCUT2D eigenvalue weighted by Gasteiger charge is -2.11. The quantitative estimate of drug-likeness (QED) is 0.750. The van der Waals surface area contributed by atoms with E-state index in [1.54, 1.807) is 0 Å². The Hall–Kier alpha value is -2.01. The Morgan fingerprint density at radius 2 is 1.87 bits per heavy atom. The molecule has 0 radical (unpaired) electrons. The van der Waals surface area contributed by atoms with Crippen LogP contribution in [0.5, 0.6) is 5.75 Å². The van der Waals surface area contributed by atoms with E-state index in [-0.39, 0.29) is 6.03 Å². The first-order valence-electron chi connectivity index (χ1n) is 7.47. The number of rotatable bonds is 5. The Balaban J connectivity index is 1.75. The fourth-order valence-corrected chi connectivity index (χ4v) is 2.43. The average molecular weight is 377 g/mol. The van der Waals surface area contributed by atoms with Gasteiger partial charge in [0.15, 0.2) is 0 Å². The highest BCUT2D eigenvalue weighted by molar-refractivity contribution is 9.10. The molecule has 0 aliphatic carbocycles. The van der Waals surface area contributed by atoms with Gasteiger partial charge < -0.3 is 15.4 Å². The molecule has 0 saturated heterocycles. The van der Waals surface area contributed by atoms with Crippen LogP contribution in [0.25, 0.3) is 0 Å². The minimum atomic E-state index is -0.240. The number of hydrogen-bond donors (Lipinski definition) is 2. The van der Waals surface area contributed by atoms with Crippen LogP contribution in [-0.4, -0.2) is 19.2 Å². The summed E-state index contributed by atoms with van der Waals surface area (Å²) in [7, 11) is 0. The zero-order valence-electron chi connectivity index (χ0n) is 13.6. The lowest BCUT2D eigenvalue weighted by molar-refractivity contribution is 0.247. The third kappa shape index (κ3) is 5.28. The van der Waals surface area contributed by atoms with Gasteiger partial charge in [0.05, 0.1) is 6.54 Å². The van der Waals surface area contributed by atoms with E-state index in [0.29, 0.717) is 13.2 Å². The van der Waals surface area contributed by atoms with E-state index in [1.807, 2.05) is 51.1 Å². The van der Waals surface area contributed by atoms with Crippen LogP contribution in [0.1, 0.15) is 16.7 Å². The highest BCUT2D eigenvalue weighted by Gasteiger charge is 2.04. The van der Waals surface area contributed by atoms with E-state index in [1.165, 1.54) is 5.56 Å². The molecule has 0 atom stereocenters. The Bertz CT molecular complexity index is 701. The van der Waals surface area contributed by atoms with Gasteiger partial charge in [-0.25, -0.2) is 4.79 Å². The molecule has 2 rings (SSSR count). The summed E-state index contributed by atoms with van der Waals surface area (Å²) < 4.78 is 6.70. The van der Waals surface area contributed by atoms with E-state index in [2.05, 4.69) is 32.6 Å². The van der Waals surface area contributed by atoms with Gasteiger partial charge in [-0.2, -0.15) is 0 Å². The van der Waals surface area contributed by atoms with Gasteiger partial charge >= 0.3 is 6.03 Å². The molecule has 0 aliphatic rings. The summed E-state index contributed by atoms with van der Waals surface area (Å²) >= 11 is 3.43. The van der Waals surface area contributed by atoms with Crippen LogP contribution in [0.3, 0.4) is 0 Å². The summed E-state index contributed by atoms with van der Waals surface area (Å²) in [5, 5.41) is 5.58. The van der Waals surface area contributed by atoms with Crippen molar-refractivity contribution < 1.29 is 9.53 Å². The third-order valence-electron chi connectivity index (χ3n) is 3.39. The molecule has 0 saturated carbocycles. The normalized spacial score (nSPS) is 10.3. The zero-order chi connectivity index (χ0) is 16.8. The van der Waals surface area contributed by atoms with Gasteiger partial charge in [0, 0.05) is 10.2 Å². The van der Waals surface area contributed by atoms with Gasteiger partial charge in [-0.05, 0) is 56.2 Å². The smallest absolute Gasteiger partial charge is 0.319 e. The van der Waals surface area contributed by atoms with E-state index < -0.39 is 0 Å². The fraction of sp³-hybridized carbons (Fsp3) is 0.278. The number of benzene rings is 2. The van der Waals surface area contributed by atoms with E-state index >= 15 is 0 Å². The lowest BCUT2D eigenvalue weighted by atomic mass is 10.1. The van der Waals surface area contributed by atoms with Crippen molar-refractivity contribution in [2.45, 2.75) is 20.8 Å². The Morgan fingerprint density at radius 3 is 2.57 bits per heavy atom. The molecule has 0 bridgehead atoms. The molecular weight excluding hydrogens is 356 g/mol. The van der Waals surface area contributed by atoms with E-state index in [9.17, 15) is 4.79 Å². The van der Waals surface area contributed by atoms with Gasteiger partial charge in [-0.3, -0.25) is 0 Å². The van der Waals surface area contributed by atoms with Crippen LogP contribution in [0.2, 0.25) is 0 Å². The first-order chi connectivity index (χ1) is 11.0. The topological polar surface area (TPSA) is 50.4 Å². The van der Waals surface area contributed by atoms with Crippen LogP contribution in [-0.2, 0) is 0 Å². The van der Waals surface area contributed by atoms with Gasteiger partial charge in [0.1, 0.15) is 12.4 Å². The second-order valence-corrected chi connectivity index (χ2v) is 6.32. The first-order valence-corrected chi connectivity index (χ1v) is 8.26. The van der Waals surface area contributed by atoms with Gasteiger partial charge in [-0.1, -0.05) is 33.6 Å². The number of aryl methyl sites for hydroxylation is 3. The molecule has 2 aromatic rings. The van der Waals surface area contributed by atoms with Crippen LogP contribution < -0.4 is 15.4 Å². The minimum absolute atomic E-state index is 0.240. The molecule has 0 aliphatic heterocycles. The van der Waals surface area contributed by atoms with E-state index in [4.69, 9.17) is 4.74 Å². The summed E-state index contributed by atoms with van der Waals surface area (Å²) in [5.41, 5.74) is 4.14. The van der Waals surface area contributed by atoms with Crippen LogP contribution in [0.15, 0.2) is 40.9 Å². The molecule has 0 unspecified atom stereocenters. The second-order valence-electron chi connectivity index (χ2n) is 5.46. The number of ether oxygens (including phenoxy) is 1. The van der Waals surface area contributed by atoms with Crippen molar-refractivity contribution in [1.29, 1.82) is 0 Å². The van der Waals surface area contributed by atoms with Crippen LogP contribution in [0, 0.1) is 20.8 Å². The monoisotopic (exact) mass is 376 g/mol. The lowest BCUT2D eigenvalue weighted by Crippen LogP contribution is -2.32. The predicted molar refractivity (Wildman–Crippen MR) is 97.3 cm³/mol. The summed E-state index contributed by atoms with van der Waals surface area (Å²) in [6.45, 7) is 6.90. The average Bonchev–Trinajstić information content (AvgIpc) is 2.49. The molecule has 23 heavy (non-hydrogen) atoms. The molecule has 2 aromatic carbocycles. The van der Waals surface area contributed by atoms with Gasteiger partial charge in [0.2, 0.25) is 0 Å². The number of hydrogen-bond acceptors (Lipinski definition) is 2. The SMILES string of the molecule is Cc1ccc(OCCNC(=O)Nc2ccc(Br)c(C)c2)c(C)c1. The molecule has 2 amide bonds. The molecule has 122 valence electrons. The van der Waals surface area contributed by atoms with E-state index in [0.717, 1.165) is 27.0 Å². The number of anilines is 1. The predicted octanol–water partition coefficient (Wildman–Crippen LogP) is 4.57. The number of nitrogens with one attached hydrogen (secondary N) is 2. The van der Waals surface area contributed by atoms with Crippen LogP contribution >= 0.6 is 15.9 Å². The van der Waals surface area contributed by atoms with Crippen molar-refractivity contribution in [3.05, 3.63) is 57.6 Å². The molecule has 0 fully saturated rings. The maximum atomic E-state index is 11.8. The summed E-state index contributed by atoms with van der Waals surface area (Å²) in [6.07, 6.45) is 0. The van der Waals surface area contributed by atoms with Gasteiger partial charge in [-0.15, -0.1) is 0 Å². The maximum Gasteiger partial charge on any atom is 0.319 e. The van der Waals surface area contributed by atoms with Crippen LogP contribution in [0.4, 0.5) is 10.5 Å². The Morgan fingerprint density at radius 1 is 1.09 bits per heavy atom. The van der Waals surface area contributed by atoms with Gasteiger partial charge in [0.25, 0.3) is 0 Å². The Labute approximate surface area is 145 Å². The number of amides is 2. The number of carbonyl (C=O) groups excluding carboxylic acids is 1. The van der Waals surface area contributed by atoms with Crippen molar-refractivity contribution >= 4 is 27.6 Å². The Kier molecular flexibility index (Phi) is 6.04. The van der Waals surface area contributed by atoms with Crippen molar-refractivity contribution in [3.8, 4) is 5.75 Å². The highest BCUT2D eigenvalue weighted by Crippen LogP contribution is 2.20. The first kappa shape index (κ1) is 17.3. The molecule has 5 heteroatoms. The maximum absolute atomic E-state index is 11.8.